The van der Waals surface area contributed by atoms with Gasteiger partial charge in [-0.1, -0.05) is 126 Å². The van der Waals surface area contributed by atoms with E-state index in [9.17, 15) is 24.0 Å². The highest BCUT2D eigenvalue weighted by Gasteiger charge is 2.45. The van der Waals surface area contributed by atoms with E-state index in [2.05, 4.69) is 5.16 Å². The van der Waals surface area contributed by atoms with Crippen molar-refractivity contribution in [2.24, 2.45) is 5.16 Å². The van der Waals surface area contributed by atoms with Crippen LogP contribution in [0.1, 0.15) is 57.4 Å². The second-order valence-corrected chi connectivity index (χ2v) is 13.0. The highest BCUT2D eigenvalue weighted by atomic mass is 16.6. The van der Waals surface area contributed by atoms with Crippen LogP contribution in [0.3, 0.4) is 0 Å². The van der Waals surface area contributed by atoms with E-state index >= 15 is 0 Å². The first-order valence-electron chi connectivity index (χ1n) is 18.8. The number of esters is 5. The van der Waals surface area contributed by atoms with Gasteiger partial charge in [0.05, 0.1) is 34.0 Å². The van der Waals surface area contributed by atoms with E-state index in [0.717, 1.165) is 11.8 Å². The zero-order valence-electron chi connectivity index (χ0n) is 32.1. The van der Waals surface area contributed by atoms with Crippen LogP contribution in [0.2, 0.25) is 0 Å². The van der Waals surface area contributed by atoms with Crippen LogP contribution in [-0.4, -0.2) is 67.1 Å². The van der Waals surface area contributed by atoms with Gasteiger partial charge >= 0.3 is 29.8 Å². The van der Waals surface area contributed by atoms with E-state index in [1.807, 2.05) is 30.3 Å². The fourth-order valence-electron chi connectivity index (χ4n) is 5.74. The molecule has 0 aliphatic heterocycles. The number of nitrogens with zero attached hydrogens (tertiary/aromatic N) is 1. The maximum Gasteiger partial charge on any atom is 0.338 e. The van der Waals surface area contributed by atoms with Crippen molar-refractivity contribution in [3.8, 4) is 0 Å². The van der Waals surface area contributed by atoms with Gasteiger partial charge in [-0.05, 0) is 66.2 Å². The molecule has 6 aromatic carbocycles. The lowest BCUT2D eigenvalue weighted by atomic mass is 10.0. The lowest BCUT2D eigenvalue weighted by Crippen LogP contribution is -2.54. The molecule has 0 heterocycles. The van der Waals surface area contributed by atoms with Crippen molar-refractivity contribution in [1.29, 1.82) is 0 Å². The molecule has 0 fully saturated rings. The fraction of sp³-hybridized carbons (Fsp3) is 0.125. The molecule has 0 aliphatic carbocycles. The van der Waals surface area contributed by atoms with Gasteiger partial charge in [0.2, 0.25) is 0 Å². The van der Waals surface area contributed by atoms with Gasteiger partial charge in [-0.25, -0.2) is 24.0 Å². The summed E-state index contributed by atoms with van der Waals surface area (Å²) in [5, 5.41) is 4.09. The molecule has 6 rings (SSSR count). The van der Waals surface area contributed by atoms with E-state index in [1.54, 1.807) is 91.0 Å². The minimum absolute atomic E-state index is 0.00430. The summed E-state index contributed by atoms with van der Waals surface area (Å²) in [5.41, 5.74) is 1.31. The highest BCUT2D eigenvalue weighted by Crippen LogP contribution is 2.24. The summed E-state index contributed by atoms with van der Waals surface area (Å²) in [4.78, 5) is 74.7. The topological polar surface area (TPSA) is 153 Å². The van der Waals surface area contributed by atoms with Crippen LogP contribution in [0.25, 0.3) is 0 Å². The predicted octanol–water partition coefficient (Wildman–Crippen LogP) is 7.95. The number of ether oxygens (including phenoxy) is 5. The second kappa shape index (κ2) is 21.6. The Morgan fingerprint density at radius 3 is 1.20 bits per heavy atom. The summed E-state index contributed by atoms with van der Waals surface area (Å²) < 4.78 is 30.0. The Morgan fingerprint density at radius 1 is 0.417 bits per heavy atom. The summed E-state index contributed by atoms with van der Waals surface area (Å²) in [7, 11) is 0. The Labute approximate surface area is 345 Å². The predicted molar refractivity (Wildman–Crippen MR) is 219 cm³/mol. The number of carbonyl (C=O) groups is 5. The molecule has 0 aliphatic rings. The molecule has 6 aromatic rings. The number of oxime groups is 1. The molecule has 302 valence electrons. The highest BCUT2D eigenvalue weighted by molar-refractivity contribution is 5.93. The van der Waals surface area contributed by atoms with Crippen LogP contribution in [0.4, 0.5) is 0 Å². The molecule has 0 amide bonds. The van der Waals surface area contributed by atoms with Crippen LogP contribution >= 0.6 is 0 Å². The van der Waals surface area contributed by atoms with Crippen LogP contribution in [0.15, 0.2) is 187 Å². The normalized spacial score (nSPS) is 12.8. The largest absolute Gasteiger partial charge is 0.458 e. The standard InChI is InChI=1S/C48H39NO11/c50-44(35-21-9-2-10-22-35)55-33-41(58-46(52)37-25-13-4-14-26-37)43(60-48(54)39-29-17-6-18-30-39)42(59-47(53)38-27-15-5-16-28-38)40(57-45(51)36-23-11-3-12-24-36)31-49-56-32-34-19-7-1-8-20-34/h1-31,40-43H,32-33H2/t40-,41+,42+,43-/m0/s1. The van der Waals surface area contributed by atoms with Crippen molar-refractivity contribution in [2.45, 2.75) is 31.0 Å². The average molecular weight is 806 g/mol. The van der Waals surface area contributed by atoms with Crippen molar-refractivity contribution in [1.82, 2.24) is 0 Å². The van der Waals surface area contributed by atoms with Crippen molar-refractivity contribution >= 4 is 36.1 Å². The monoisotopic (exact) mass is 805 g/mol. The summed E-state index contributed by atoms with van der Waals surface area (Å²) in [5.74, 6) is -4.46. The number of carbonyl (C=O) groups excluding carboxylic acids is 5. The Balaban J connectivity index is 1.47. The maximum atomic E-state index is 14.0. The lowest BCUT2D eigenvalue weighted by Gasteiger charge is -2.34. The average Bonchev–Trinajstić information content (AvgIpc) is 3.31. The molecule has 12 heteroatoms. The summed E-state index contributed by atoms with van der Waals surface area (Å²) in [6, 6.07) is 48.8. The molecule has 0 radical (unpaired) electrons. The molecule has 0 spiro atoms. The maximum absolute atomic E-state index is 14.0. The second-order valence-electron chi connectivity index (χ2n) is 13.0. The molecule has 4 atom stereocenters. The van der Waals surface area contributed by atoms with Gasteiger partial charge < -0.3 is 28.5 Å². The number of hydrogen-bond acceptors (Lipinski definition) is 12. The van der Waals surface area contributed by atoms with Gasteiger partial charge in [0.1, 0.15) is 13.2 Å². The van der Waals surface area contributed by atoms with E-state index in [1.165, 1.54) is 60.7 Å². The van der Waals surface area contributed by atoms with Gasteiger partial charge in [-0.3, -0.25) is 0 Å². The Hall–Kier alpha value is -7.86. The molecular formula is C48H39NO11. The van der Waals surface area contributed by atoms with E-state index in [4.69, 9.17) is 28.5 Å². The van der Waals surface area contributed by atoms with Gasteiger partial charge in [-0.15, -0.1) is 0 Å². The molecule has 0 bridgehead atoms. The summed E-state index contributed by atoms with van der Waals surface area (Å²) in [6.45, 7) is -0.718. The lowest BCUT2D eigenvalue weighted by molar-refractivity contribution is -0.120. The van der Waals surface area contributed by atoms with Crippen molar-refractivity contribution in [2.75, 3.05) is 6.61 Å². The summed E-state index contributed by atoms with van der Waals surface area (Å²) in [6.07, 6.45) is -6.02. The molecular weight excluding hydrogens is 767 g/mol. The SMILES string of the molecule is O=C(OC[C@@H](OC(=O)c1ccccc1)[C@H](OC(=O)c1ccccc1)[C@H](OC(=O)c1ccccc1)[C@H](C=NOCc1ccccc1)OC(=O)c1ccccc1)c1ccccc1. The Bertz CT molecular complexity index is 2330. The molecule has 12 nitrogen and oxygen atoms in total. The van der Waals surface area contributed by atoms with E-state index < -0.39 is 60.9 Å². The minimum atomic E-state index is -1.85. The number of rotatable bonds is 18. The third kappa shape index (κ3) is 12.1. The minimum Gasteiger partial charge on any atom is -0.458 e. The van der Waals surface area contributed by atoms with Crippen molar-refractivity contribution < 1.29 is 52.5 Å². The molecule has 60 heavy (non-hydrogen) atoms. The summed E-state index contributed by atoms with van der Waals surface area (Å²) >= 11 is 0. The van der Waals surface area contributed by atoms with Crippen LogP contribution in [0.5, 0.6) is 0 Å². The number of hydrogen-bond donors (Lipinski definition) is 0. The molecule has 0 saturated heterocycles. The first kappa shape index (κ1) is 41.8. The third-order valence-electron chi connectivity index (χ3n) is 8.78. The zero-order chi connectivity index (χ0) is 41.9. The molecule has 0 unspecified atom stereocenters. The van der Waals surface area contributed by atoms with Gasteiger partial charge in [0.25, 0.3) is 0 Å². The fourth-order valence-corrected chi connectivity index (χ4v) is 5.74. The van der Waals surface area contributed by atoms with Gasteiger partial charge in [0.15, 0.2) is 24.4 Å². The van der Waals surface area contributed by atoms with Crippen LogP contribution in [0, 0.1) is 0 Å². The quantitative estimate of drug-likeness (QED) is 0.0360. The van der Waals surface area contributed by atoms with Crippen LogP contribution in [-0.2, 0) is 35.1 Å². The molecule has 0 aromatic heterocycles. The first-order chi connectivity index (χ1) is 29.4. The van der Waals surface area contributed by atoms with Crippen molar-refractivity contribution in [3.05, 3.63) is 215 Å². The third-order valence-corrected chi connectivity index (χ3v) is 8.78. The van der Waals surface area contributed by atoms with E-state index in [-0.39, 0.29) is 34.4 Å². The smallest absolute Gasteiger partial charge is 0.338 e. The van der Waals surface area contributed by atoms with E-state index in [0.29, 0.717) is 0 Å². The zero-order valence-corrected chi connectivity index (χ0v) is 32.1. The van der Waals surface area contributed by atoms with Gasteiger partial charge in [0, 0.05) is 0 Å². The Morgan fingerprint density at radius 2 is 0.767 bits per heavy atom. The molecule has 0 saturated carbocycles. The Kier molecular flexibility index (Phi) is 15.0. The first-order valence-corrected chi connectivity index (χ1v) is 18.8. The van der Waals surface area contributed by atoms with Crippen LogP contribution < -0.4 is 0 Å². The number of benzene rings is 6. The molecule has 0 N–H and O–H groups in total. The van der Waals surface area contributed by atoms with Crippen molar-refractivity contribution in [3.63, 3.8) is 0 Å². The van der Waals surface area contributed by atoms with Gasteiger partial charge in [-0.2, -0.15) is 0 Å².